The highest BCUT2D eigenvalue weighted by Gasteiger charge is 2.42. The molecule has 2 saturated heterocycles. The minimum atomic E-state index is 0.727. The molecule has 2 heteroatoms. The number of hydrogen-bond donors (Lipinski definition) is 1. The molecule has 1 N–H and O–H groups in total. The van der Waals surface area contributed by atoms with Gasteiger partial charge < -0.3 is 5.32 Å². The minimum Gasteiger partial charge on any atom is -0.313 e. The number of fused-ring (bicyclic) bond motifs is 1. The van der Waals surface area contributed by atoms with Crippen LogP contribution in [-0.4, -0.2) is 25.2 Å². The molecule has 0 spiro atoms. The van der Waals surface area contributed by atoms with Crippen LogP contribution in [0, 0.1) is 0 Å². The fourth-order valence-electron chi connectivity index (χ4n) is 0.953. The molecule has 0 aromatic heterocycles. The van der Waals surface area contributed by atoms with Crippen LogP contribution in [0.5, 0.6) is 0 Å². The van der Waals surface area contributed by atoms with Crippen LogP contribution in [0.3, 0.4) is 0 Å². The van der Waals surface area contributed by atoms with Gasteiger partial charge in [-0.2, -0.15) is 0 Å². The minimum absolute atomic E-state index is 0.727. The zero-order valence-electron chi connectivity index (χ0n) is 3.52. The van der Waals surface area contributed by atoms with Crippen LogP contribution in [0.4, 0.5) is 0 Å². The molecular formula is C4H7N2. The maximum Gasteiger partial charge on any atom is 0.0557 e. The first kappa shape index (κ1) is 2.99. The highest BCUT2D eigenvalue weighted by Crippen LogP contribution is 2.16. The Morgan fingerprint density at radius 2 is 2.00 bits per heavy atom. The third kappa shape index (κ3) is 0.235. The first-order valence-electron chi connectivity index (χ1n) is 2.37. The molecule has 2 aliphatic heterocycles. The molecule has 0 aromatic carbocycles. The molecule has 2 rings (SSSR count). The van der Waals surface area contributed by atoms with E-state index in [-0.39, 0.29) is 0 Å². The summed E-state index contributed by atoms with van der Waals surface area (Å²) < 4.78 is 0. The summed E-state index contributed by atoms with van der Waals surface area (Å²) >= 11 is 0. The van der Waals surface area contributed by atoms with E-state index in [1.54, 1.807) is 0 Å². The number of nitrogens with one attached hydrogen (secondary N) is 1. The van der Waals surface area contributed by atoms with E-state index in [0.717, 1.165) is 25.2 Å². The van der Waals surface area contributed by atoms with Gasteiger partial charge in [-0.25, -0.2) is 5.32 Å². The molecule has 2 atom stereocenters. The third-order valence-corrected chi connectivity index (χ3v) is 1.44. The summed E-state index contributed by atoms with van der Waals surface area (Å²) in [6.45, 7) is 2.29. The van der Waals surface area contributed by atoms with Crippen molar-refractivity contribution in [1.29, 1.82) is 0 Å². The van der Waals surface area contributed by atoms with E-state index >= 15 is 0 Å². The van der Waals surface area contributed by atoms with Crippen molar-refractivity contribution in [3.05, 3.63) is 0 Å². The Kier molecular flexibility index (Phi) is 0.383. The summed E-state index contributed by atoms with van der Waals surface area (Å²) in [5.41, 5.74) is 0. The first-order valence-corrected chi connectivity index (χ1v) is 2.37. The quantitative estimate of drug-likeness (QED) is 0.371. The molecule has 2 fully saturated rings. The van der Waals surface area contributed by atoms with Gasteiger partial charge in [0.1, 0.15) is 0 Å². The molecule has 2 unspecified atom stereocenters. The zero-order valence-corrected chi connectivity index (χ0v) is 3.52. The molecule has 0 bridgehead atoms. The van der Waals surface area contributed by atoms with Crippen molar-refractivity contribution >= 4 is 0 Å². The Morgan fingerprint density at radius 3 is 2.17 bits per heavy atom. The Balaban J connectivity index is 2.09. The molecule has 0 aliphatic carbocycles. The Labute approximate surface area is 36.9 Å². The average Bonchev–Trinajstić information content (AvgIpc) is 2.17. The monoisotopic (exact) mass is 83.1 g/mol. The Bertz CT molecular complexity index is 63.9. The van der Waals surface area contributed by atoms with E-state index in [2.05, 4.69) is 10.6 Å². The van der Waals surface area contributed by atoms with Gasteiger partial charge in [0.05, 0.1) is 12.1 Å². The molecule has 2 aliphatic rings. The van der Waals surface area contributed by atoms with Gasteiger partial charge in [-0.1, -0.05) is 0 Å². The van der Waals surface area contributed by atoms with E-state index < -0.39 is 0 Å². The maximum absolute atomic E-state index is 4.20. The van der Waals surface area contributed by atoms with Crippen LogP contribution in [0.2, 0.25) is 0 Å². The molecule has 2 nitrogen and oxygen atoms in total. The fraction of sp³-hybridized carbons (Fsp3) is 1.00. The number of rotatable bonds is 0. The summed E-state index contributed by atoms with van der Waals surface area (Å²) in [5.74, 6) is 0. The van der Waals surface area contributed by atoms with E-state index in [9.17, 15) is 0 Å². The van der Waals surface area contributed by atoms with Crippen molar-refractivity contribution in [2.75, 3.05) is 13.1 Å². The molecule has 2 heterocycles. The first-order chi connectivity index (χ1) is 2.97. The molecule has 33 valence electrons. The van der Waals surface area contributed by atoms with Gasteiger partial charge in [-0.15, -0.1) is 0 Å². The normalized spacial score (nSPS) is 52.0. The molecule has 0 saturated carbocycles. The van der Waals surface area contributed by atoms with E-state index in [1.807, 2.05) is 0 Å². The lowest BCUT2D eigenvalue weighted by Crippen LogP contribution is -2.16. The van der Waals surface area contributed by atoms with Crippen LogP contribution in [0.25, 0.3) is 0 Å². The van der Waals surface area contributed by atoms with E-state index in [0.29, 0.717) is 0 Å². The van der Waals surface area contributed by atoms with E-state index in [4.69, 9.17) is 0 Å². The predicted octanol–water partition coefficient (Wildman–Crippen LogP) is -1.06. The molecule has 0 aromatic rings. The average molecular weight is 83.1 g/mol. The highest BCUT2D eigenvalue weighted by molar-refractivity contribution is 5.05. The number of piperazine rings is 1. The number of hydrogen-bond acceptors (Lipinski definition) is 1. The second-order valence-corrected chi connectivity index (χ2v) is 1.94. The van der Waals surface area contributed by atoms with Crippen LogP contribution in [0.1, 0.15) is 0 Å². The highest BCUT2D eigenvalue weighted by atomic mass is 15.2. The molecular weight excluding hydrogens is 76.1 g/mol. The van der Waals surface area contributed by atoms with Crippen LogP contribution >= 0.6 is 0 Å². The SMILES string of the molecule is C1NCC2[N]C12. The van der Waals surface area contributed by atoms with Crippen molar-refractivity contribution in [3.8, 4) is 0 Å². The topological polar surface area (TPSA) is 26.1 Å². The Morgan fingerprint density at radius 1 is 1.33 bits per heavy atom. The van der Waals surface area contributed by atoms with Crippen molar-refractivity contribution in [2.24, 2.45) is 0 Å². The summed E-state index contributed by atoms with van der Waals surface area (Å²) in [6, 6.07) is 1.45. The predicted molar refractivity (Wildman–Crippen MR) is 22.6 cm³/mol. The lowest BCUT2D eigenvalue weighted by Gasteiger charge is -1.86. The lowest BCUT2D eigenvalue weighted by atomic mass is 10.4. The van der Waals surface area contributed by atoms with Crippen LogP contribution in [0.15, 0.2) is 0 Å². The van der Waals surface area contributed by atoms with Gasteiger partial charge in [-0.3, -0.25) is 0 Å². The molecule has 1 radical (unpaired) electrons. The summed E-state index contributed by atoms with van der Waals surface area (Å²) in [7, 11) is 0. The fourth-order valence-corrected chi connectivity index (χ4v) is 0.953. The van der Waals surface area contributed by atoms with Gasteiger partial charge in [0.2, 0.25) is 0 Å². The summed E-state index contributed by atoms with van der Waals surface area (Å²) in [6.07, 6.45) is 0. The van der Waals surface area contributed by atoms with Crippen LogP contribution in [-0.2, 0) is 0 Å². The smallest absolute Gasteiger partial charge is 0.0557 e. The van der Waals surface area contributed by atoms with Crippen molar-refractivity contribution in [1.82, 2.24) is 10.6 Å². The second-order valence-electron chi connectivity index (χ2n) is 1.94. The largest absolute Gasteiger partial charge is 0.313 e. The summed E-state index contributed by atoms with van der Waals surface area (Å²) in [5, 5.41) is 7.43. The third-order valence-electron chi connectivity index (χ3n) is 1.44. The second kappa shape index (κ2) is 0.768. The van der Waals surface area contributed by atoms with E-state index in [1.165, 1.54) is 0 Å². The summed E-state index contributed by atoms with van der Waals surface area (Å²) in [4.78, 5) is 0. The van der Waals surface area contributed by atoms with Crippen molar-refractivity contribution in [3.63, 3.8) is 0 Å². The van der Waals surface area contributed by atoms with Gasteiger partial charge in [0.25, 0.3) is 0 Å². The van der Waals surface area contributed by atoms with Gasteiger partial charge in [0, 0.05) is 13.1 Å². The Hall–Kier alpha value is -0.0800. The molecule has 6 heavy (non-hydrogen) atoms. The van der Waals surface area contributed by atoms with Crippen LogP contribution < -0.4 is 10.6 Å². The zero-order chi connectivity index (χ0) is 3.98. The lowest BCUT2D eigenvalue weighted by molar-refractivity contribution is 0.732. The van der Waals surface area contributed by atoms with Gasteiger partial charge in [-0.05, 0) is 0 Å². The molecule has 0 amide bonds. The van der Waals surface area contributed by atoms with Gasteiger partial charge >= 0.3 is 0 Å². The van der Waals surface area contributed by atoms with Crippen molar-refractivity contribution < 1.29 is 0 Å². The standard InChI is InChI=1S/C4H7N2/c1-3-4(6-3)2-5-1/h3-5H,1-2H2. The maximum atomic E-state index is 4.20. The van der Waals surface area contributed by atoms with Crippen molar-refractivity contribution in [2.45, 2.75) is 12.1 Å². The van der Waals surface area contributed by atoms with Gasteiger partial charge in [0.15, 0.2) is 0 Å². The number of nitrogens with zero attached hydrogens (tertiary/aromatic N) is 1.